The molecule has 7 heteroatoms. The van der Waals surface area contributed by atoms with Crippen molar-refractivity contribution in [2.45, 2.75) is 26.7 Å². The second-order valence-corrected chi connectivity index (χ2v) is 6.50. The highest BCUT2D eigenvalue weighted by Crippen LogP contribution is 2.37. The third kappa shape index (κ3) is 2.95. The Balaban J connectivity index is 1.75. The first-order valence-corrected chi connectivity index (χ1v) is 8.73. The first kappa shape index (κ1) is 17.2. The van der Waals surface area contributed by atoms with E-state index in [9.17, 15) is 9.50 Å². The highest BCUT2D eigenvalue weighted by Gasteiger charge is 2.21. The van der Waals surface area contributed by atoms with Crippen LogP contribution in [0.1, 0.15) is 29.8 Å². The van der Waals surface area contributed by atoms with Crippen molar-refractivity contribution in [3.63, 3.8) is 0 Å². The molecule has 138 valence electrons. The minimum atomic E-state index is -0.291. The third-order valence-electron chi connectivity index (χ3n) is 4.77. The summed E-state index contributed by atoms with van der Waals surface area (Å²) >= 11 is 0. The van der Waals surface area contributed by atoms with Gasteiger partial charge in [0.15, 0.2) is 5.75 Å². The van der Waals surface area contributed by atoms with Crippen molar-refractivity contribution in [1.82, 2.24) is 19.7 Å². The van der Waals surface area contributed by atoms with Gasteiger partial charge in [-0.05, 0) is 42.7 Å². The second kappa shape index (κ2) is 6.50. The molecule has 0 saturated carbocycles. The number of fused-ring (bicyclic) bond motifs is 1. The van der Waals surface area contributed by atoms with Gasteiger partial charge in [-0.25, -0.2) is 9.37 Å². The summed E-state index contributed by atoms with van der Waals surface area (Å²) in [5, 5.41) is 18.9. The first-order chi connectivity index (χ1) is 13.0. The molecule has 4 rings (SSSR count). The summed E-state index contributed by atoms with van der Waals surface area (Å²) in [6.07, 6.45) is 1.17. The number of aromatic nitrogens is 4. The van der Waals surface area contributed by atoms with Crippen LogP contribution in [0.3, 0.4) is 0 Å². The van der Waals surface area contributed by atoms with E-state index in [2.05, 4.69) is 15.2 Å². The minimum Gasteiger partial charge on any atom is -0.505 e. The van der Waals surface area contributed by atoms with Crippen LogP contribution in [0.15, 0.2) is 34.7 Å². The maximum absolute atomic E-state index is 13.0. The zero-order chi connectivity index (χ0) is 19.1. The van der Waals surface area contributed by atoms with Crippen molar-refractivity contribution >= 4 is 11.0 Å². The van der Waals surface area contributed by atoms with Crippen molar-refractivity contribution in [3.8, 4) is 17.2 Å². The van der Waals surface area contributed by atoms with Crippen molar-refractivity contribution in [1.29, 1.82) is 0 Å². The number of rotatable bonds is 4. The third-order valence-corrected chi connectivity index (χ3v) is 4.77. The average Bonchev–Trinajstić information content (AvgIpc) is 3.23. The highest BCUT2D eigenvalue weighted by atomic mass is 19.1. The molecule has 27 heavy (non-hydrogen) atoms. The fourth-order valence-corrected chi connectivity index (χ4v) is 3.22. The molecule has 0 amide bonds. The molecule has 0 aliphatic heterocycles. The smallest absolute Gasteiger partial charge is 0.251 e. The lowest BCUT2D eigenvalue weighted by atomic mass is 10.0. The Morgan fingerprint density at radius 3 is 2.63 bits per heavy atom. The van der Waals surface area contributed by atoms with E-state index in [0.29, 0.717) is 23.4 Å². The predicted octanol–water partition coefficient (Wildman–Crippen LogP) is 3.93. The summed E-state index contributed by atoms with van der Waals surface area (Å²) in [4.78, 5) is 4.48. The van der Waals surface area contributed by atoms with Crippen LogP contribution in [0, 0.1) is 12.7 Å². The number of hydrogen-bond acceptors (Lipinski definition) is 5. The van der Waals surface area contributed by atoms with Gasteiger partial charge in [0, 0.05) is 7.05 Å². The first-order valence-electron chi connectivity index (χ1n) is 8.73. The van der Waals surface area contributed by atoms with Crippen molar-refractivity contribution in [3.05, 3.63) is 59.0 Å². The Labute approximate surface area is 155 Å². The van der Waals surface area contributed by atoms with Crippen LogP contribution >= 0.6 is 0 Å². The van der Waals surface area contributed by atoms with Crippen molar-refractivity contribution in [2.75, 3.05) is 0 Å². The lowest BCUT2D eigenvalue weighted by Crippen LogP contribution is -1.95. The largest absolute Gasteiger partial charge is 0.505 e. The van der Waals surface area contributed by atoms with Gasteiger partial charge in [-0.15, -0.1) is 10.2 Å². The number of benzene rings is 2. The topological polar surface area (TPSA) is 77.0 Å². The SMILES string of the molecule is CCc1cc(-c2nnc(Cc3ccc(F)cc3)o2)c(O)c2nc(C)n(C)c12. The molecule has 2 aromatic heterocycles. The normalized spacial score (nSPS) is 11.4. The van der Waals surface area contributed by atoms with Gasteiger partial charge in [0.25, 0.3) is 5.89 Å². The number of hydrogen-bond donors (Lipinski definition) is 1. The van der Waals surface area contributed by atoms with E-state index in [1.165, 1.54) is 12.1 Å². The predicted molar refractivity (Wildman–Crippen MR) is 99.0 cm³/mol. The number of imidazole rings is 1. The molecule has 0 bridgehead atoms. The Morgan fingerprint density at radius 1 is 1.19 bits per heavy atom. The summed E-state index contributed by atoms with van der Waals surface area (Å²) in [5.74, 6) is 1.19. The van der Waals surface area contributed by atoms with Crippen LogP contribution in [0.2, 0.25) is 0 Å². The summed E-state index contributed by atoms with van der Waals surface area (Å²) < 4.78 is 20.8. The number of phenols is 1. The fourth-order valence-electron chi connectivity index (χ4n) is 3.22. The second-order valence-electron chi connectivity index (χ2n) is 6.50. The molecule has 0 atom stereocenters. The molecule has 1 N–H and O–H groups in total. The zero-order valence-corrected chi connectivity index (χ0v) is 15.3. The van der Waals surface area contributed by atoms with Gasteiger partial charge in [0.05, 0.1) is 17.5 Å². The maximum atomic E-state index is 13.0. The van der Waals surface area contributed by atoms with E-state index in [-0.39, 0.29) is 17.5 Å². The van der Waals surface area contributed by atoms with Gasteiger partial charge in [-0.3, -0.25) is 0 Å². The molecule has 0 aliphatic rings. The molecule has 2 heterocycles. The number of aromatic hydroxyl groups is 1. The Kier molecular flexibility index (Phi) is 4.14. The molecule has 2 aromatic carbocycles. The van der Waals surface area contributed by atoms with Crippen molar-refractivity contribution in [2.24, 2.45) is 7.05 Å². The standard InChI is InChI=1S/C20H19FN4O2/c1-4-13-10-15(19(26)17-18(13)25(3)11(2)22-17)20-24-23-16(27-20)9-12-5-7-14(21)8-6-12/h5-8,10,26H,4,9H2,1-3H3. The van der Waals surface area contributed by atoms with E-state index >= 15 is 0 Å². The molecule has 0 fully saturated rings. The molecule has 0 spiro atoms. The lowest BCUT2D eigenvalue weighted by Gasteiger charge is -2.07. The molecule has 4 aromatic rings. The quantitative estimate of drug-likeness (QED) is 0.592. The molecule has 6 nitrogen and oxygen atoms in total. The maximum Gasteiger partial charge on any atom is 0.251 e. The number of phenolic OH excluding ortho intramolecular Hbond substituents is 1. The van der Waals surface area contributed by atoms with E-state index < -0.39 is 0 Å². The number of nitrogens with zero attached hydrogens (tertiary/aromatic N) is 4. The van der Waals surface area contributed by atoms with Gasteiger partial charge >= 0.3 is 0 Å². The molecule has 0 saturated heterocycles. The lowest BCUT2D eigenvalue weighted by molar-refractivity contribution is 0.474. The van der Waals surface area contributed by atoms with E-state index in [1.54, 1.807) is 12.1 Å². The monoisotopic (exact) mass is 366 g/mol. The van der Waals surface area contributed by atoms with Crippen LogP contribution in [-0.2, 0) is 19.9 Å². The van der Waals surface area contributed by atoms with E-state index in [1.807, 2.05) is 31.5 Å². The molecule has 0 aliphatic carbocycles. The Bertz CT molecular complexity index is 1130. The van der Waals surface area contributed by atoms with Crippen LogP contribution in [0.5, 0.6) is 5.75 Å². The number of halogens is 1. The van der Waals surface area contributed by atoms with E-state index in [0.717, 1.165) is 28.9 Å². The summed E-state index contributed by atoms with van der Waals surface area (Å²) in [6, 6.07) is 8.00. The summed E-state index contributed by atoms with van der Waals surface area (Å²) in [5.41, 5.74) is 3.81. The van der Waals surface area contributed by atoms with Gasteiger partial charge in [-0.1, -0.05) is 19.1 Å². The fraction of sp³-hybridized carbons (Fsp3) is 0.250. The Hall–Kier alpha value is -3.22. The molecular weight excluding hydrogens is 347 g/mol. The van der Waals surface area contributed by atoms with Gasteiger partial charge in [-0.2, -0.15) is 0 Å². The summed E-state index contributed by atoms with van der Waals surface area (Å²) in [6.45, 7) is 3.94. The zero-order valence-electron chi connectivity index (χ0n) is 15.3. The van der Waals surface area contributed by atoms with Gasteiger partial charge < -0.3 is 14.1 Å². The van der Waals surface area contributed by atoms with Crippen LogP contribution in [-0.4, -0.2) is 24.9 Å². The van der Waals surface area contributed by atoms with Crippen molar-refractivity contribution < 1.29 is 13.9 Å². The number of aryl methyl sites for hydroxylation is 3. The summed E-state index contributed by atoms with van der Waals surface area (Å²) in [7, 11) is 1.93. The average molecular weight is 366 g/mol. The highest BCUT2D eigenvalue weighted by molar-refractivity contribution is 5.91. The van der Waals surface area contributed by atoms with E-state index in [4.69, 9.17) is 4.42 Å². The molecule has 0 radical (unpaired) electrons. The molecular formula is C20H19FN4O2. The van der Waals surface area contributed by atoms with Crippen LogP contribution in [0.4, 0.5) is 4.39 Å². The Morgan fingerprint density at radius 2 is 1.93 bits per heavy atom. The minimum absolute atomic E-state index is 0.0304. The van der Waals surface area contributed by atoms with Crippen LogP contribution in [0.25, 0.3) is 22.5 Å². The molecule has 0 unspecified atom stereocenters. The van der Waals surface area contributed by atoms with Gasteiger partial charge in [0.2, 0.25) is 5.89 Å². The van der Waals surface area contributed by atoms with Crippen LogP contribution < -0.4 is 0 Å². The van der Waals surface area contributed by atoms with Gasteiger partial charge in [0.1, 0.15) is 17.2 Å².